The third kappa shape index (κ3) is 24.7. The number of fused-ring (bicyclic) bond motifs is 3. The van der Waals surface area contributed by atoms with Crippen molar-refractivity contribution in [2.24, 2.45) is 17.8 Å². The Morgan fingerprint density at radius 1 is 0.541 bits per heavy atom. The zero-order valence-electron chi connectivity index (χ0n) is 60.3. The Balaban J connectivity index is 0.000000604. The van der Waals surface area contributed by atoms with Crippen LogP contribution in [0.4, 0.5) is 0 Å². The Morgan fingerprint density at radius 2 is 1.04 bits per heavy atom. The third-order valence-electron chi connectivity index (χ3n) is 19.2. The van der Waals surface area contributed by atoms with Crippen molar-refractivity contribution in [3.63, 3.8) is 0 Å². The number of carbonyl (C=O) groups excluding carboxylic acids is 3. The maximum absolute atomic E-state index is 12.9. The normalized spacial score (nSPS) is 19.3. The fourth-order valence-electron chi connectivity index (χ4n) is 14.2. The summed E-state index contributed by atoms with van der Waals surface area (Å²) in [6.45, 7) is 18.8. The predicted molar refractivity (Wildman–Crippen MR) is 391 cm³/mol. The van der Waals surface area contributed by atoms with E-state index in [0.29, 0.717) is 35.2 Å². The first-order chi connectivity index (χ1) is 43.8. The molecule has 3 saturated carbocycles. The van der Waals surface area contributed by atoms with E-state index in [4.69, 9.17) is 19.0 Å². The minimum Gasteiger partial charge on any atom is -1.00 e. The number of allylic oxidation sites excluding steroid dienone is 1. The van der Waals surface area contributed by atoms with Crippen LogP contribution < -0.4 is 36.0 Å². The fourth-order valence-corrected chi connectivity index (χ4v) is 14.2. The summed E-state index contributed by atoms with van der Waals surface area (Å²) < 4.78 is 16.0. The molecule has 2 N–H and O–H groups in total. The minimum atomic E-state index is -0.168. The zero-order chi connectivity index (χ0) is 65.1. The molecule has 98 heavy (non-hydrogen) atoms. The molecule has 1 saturated heterocycles. The van der Waals surface area contributed by atoms with Crippen LogP contribution in [0.25, 0.3) is 5.57 Å². The number of methoxy groups -OCH3 is 1. The van der Waals surface area contributed by atoms with E-state index in [0.717, 1.165) is 112 Å². The van der Waals surface area contributed by atoms with E-state index in [-0.39, 0.29) is 133 Å². The SMILES string of the molecule is C.C1CCOC1.COC(=O)C1=C(c2cc(C)ccc2C)CCC1.CON(C)C(=O)[C@H]1CCC[C@H]1c1cc(C)ccc1C.Cc1cc[c-]cc1.Cc1ccc(C(=O)[C@H]2CCC[C@H]2c2cc(C)ccc2C)cc1.Oc1ccc([C@@H]2Oc3ccc(O)cc3[C@@H]3CCC[C@@H]32)cc1.[CH3-].[CH3-].[Cl-].[Li+].[Mg+2].[Pd]. The maximum Gasteiger partial charge on any atom is 2.00 e. The van der Waals surface area contributed by atoms with Crippen molar-refractivity contribution in [1.82, 2.24) is 5.06 Å². The number of rotatable bonds is 9. The molecule has 0 radical (unpaired) electrons. The van der Waals surface area contributed by atoms with Crippen LogP contribution in [0, 0.1) is 94.1 Å². The molecule has 10 nitrogen and oxygen atoms in total. The van der Waals surface area contributed by atoms with E-state index in [1.165, 1.54) is 98.2 Å². The number of ketones is 1. The van der Waals surface area contributed by atoms with Gasteiger partial charge in [0.2, 0.25) is 5.91 Å². The molecule has 6 aliphatic rings. The number of hydroxylamine groups is 2. The molecule has 7 atom stereocenters. The third-order valence-corrected chi connectivity index (χ3v) is 19.2. The van der Waals surface area contributed by atoms with Crippen molar-refractivity contribution in [2.75, 3.05) is 34.5 Å². The summed E-state index contributed by atoms with van der Waals surface area (Å²) in [6.07, 6.45) is 15.4. The number of phenols is 2. The summed E-state index contributed by atoms with van der Waals surface area (Å²) in [4.78, 5) is 42.1. The molecule has 7 aromatic carbocycles. The van der Waals surface area contributed by atoms with Gasteiger partial charge < -0.3 is 51.7 Å². The van der Waals surface area contributed by atoms with Crippen LogP contribution in [-0.4, -0.2) is 90.5 Å². The average molecular weight is 1450 g/mol. The number of ether oxygens (including phenoxy) is 3. The largest absolute Gasteiger partial charge is 2.00 e. The second-order valence-corrected chi connectivity index (χ2v) is 25.8. The summed E-state index contributed by atoms with van der Waals surface area (Å²) in [5.74, 6) is 3.56. The van der Waals surface area contributed by atoms with E-state index in [9.17, 15) is 24.6 Å². The van der Waals surface area contributed by atoms with Crippen LogP contribution in [0.5, 0.6) is 17.2 Å². The Kier molecular flexibility index (Phi) is 41.3. The maximum atomic E-state index is 12.9. The van der Waals surface area contributed by atoms with Gasteiger partial charge >= 0.3 is 47.9 Å². The number of carbonyl (C=O) groups is 3. The number of benzene rings is 7. The van der Waals surface area contributed by atoms with Gasteiger partial charge in [0.1, 0.15) is 23.4 Å². The summed E-state index contributed by atoms with van der Waals surface area (Å²) in [7, 11) is 4.69. The first-order valence-electron chi connectivity index (χ1n) is 33.1. The Hall–Kier alpha value is -5.47. The average Bonchev–Trinajstić information content (AvgIpc) is 1.53. The van der Waals surface area contributed by atoms with E-state index < -0.39 is 0 Å². The number of amides is 1. The van der Waals surface area contributed by atoms with Crippen molar-refractivity contribution in [3.05, 3.63) is 250 Å². The van der Waals surface area contributed by atoms with Crippen LogP contribution >= 0.6 is 0 Å². The Labute approximate surface area is 637 Å². The molecule has 14 heteroatoms. The zero-order valence-corrected chi connectivity index (χ0v) is 64.0. The van der Waals surface area contributed by atoms with E-state index >= 15 is 0 Å². The molecule has 1 amide bonds. The predicted octanol–water partition coefficient (Wildman–Crippen LogP) is 13.9. The molecule has 0 spiro atoms. The van der Waals surface area contributed by atoms with Gasteiger partial charge in [-0.05, 0) is 212 Å². The standard InChI is InChI=1S/C21H24O.C18H18O3.C16H23NO2.C15H18O2.C7H7.C4H8O.CH4.2CH3.ClH.Li.Mg.Pd/c1-14-8-11-17(12-9-14)21(22)19-6-4-5-18(19)20-13-15(2)7-10-16(20)3;19-12-6-4-11(5-7-12)18-15-3-1-2-14(15)16-10-13(20)8-9-17(16)21-18;1-11-8-9-12(2)15(10-11)13-6-5-7-14(13)16(18)17(3)19-4;1-10-7-8-11(2)14(9-10)12-5-4-6-13(12)15(16)17-3;1-7-5-3-2-4-6-7;1-2-4-5-3-1;;;;;;;/h7-13,18-19H,4-6H2,1-3H3;4-10,14-15,18-20H,1-3H2;8-10,13-14H,5-7H2,1-4H3;7-9H,4-6H2,1-3H3;3-6H,1H3;1-4H2;1H4;2*1H3;1H;;;/q;;;;-1;;;2*-1;;+1;+2;/p-1/t18-,19+;14-,15+,18+;13-,14+;;;;;;;;;;/m111........../s1. The molecule has 4 aliphatic carbocycles. The van der Waals surface area contributed by atoms with Crippen LogP contribution in [0.1, 0.15) is 204 Å². The number of nitrogens with zero attached hydrogens (tertiary/aromatic N) is 1. The first-order valence-corrected chi connectivity index (χ1v) is 33.1. The van der Waals surface area contributed by atoms with Gasteiger partial charge in [-0.2, -0.15) is 35.9 Å². The molecular weight excluding hydrogens is 1340 g/mol. The van der Waals surface area contributed by atoms with Gasteiger partial charge in [0.25, 0.3) is 0 Å². The van der Waals surface area contributed by atoms with E-state index in [1.54, 1.807) is 32.4 Å². The van der Waals surface area contributed by atoms with Gasteiger partial charge in [-0.1, -0.05) is 147 Å². The van der Waals surface area contributed by atoms with Crippen molar-refractivity contribution < 1.29 is 95.3 Å². The van der Waals surface area contributed by atoms with Crippen molar-refractivity contribution >= 4 is 46.3 Å². The summed E-state index contributed by atoms with van der Waals surface area (Å²) in [5.41, 5.74) is 19.2. The number of Topliss-reactive ketones (excluding diaryl/α,β-unsaturated/α-hetero) is 1. The molecule has 524 valence electrons. The first kappa shape index (κ1) is 90.5. The molecule has 7 aromatic rings. The summed E-state index contributed by atoms with van der Waals surface area (Å²) in [5, 5.41) is 20.6. The van der Waals surface area contributed by atoms with Gasteiger partial charge in [-0.3, -0.25) is 14.4 Å². The number of aryl methyl sites for hydroxylation is 8. The van der Waals surface area contributed by atoms with Gasteiger partial charge in [0.15, 0.2) is 5.78 Å². The molecule has 0 aromatic heterocycles. The second-order valence-electron chi connectivity index (χ2n) is 25.8. The number of esters is 1. The molecule has 0 bridgehead atoms. The minimum absolute atomic E-state index is 0. The number of phenolic OH excluding ortho intramolecular Hbond substituents is 2. The summed E-state index contributed by atoms with van der Waals surface area (Å²) >= 11 is 0. The number of halogens is 1. The fraction of sp³-hybridized carbons (Fsp3) is 0.417. The van der Waals surface area contributed by atoms with Gasteiger partial charge in [-0.15, -0.1) is 0 Å². The van der Waals surface area contributed by atoms with Crippen LogP contribution in [0.2, 0.25) is 0 Å². The van der Waals surface area contributed by atoms with Crippen LogP contribution in [0.15, 0.2) is 151 Å². The van der Waals surface area contributed by atoms with Gasteiger partial charge in [-0.25, -0.2) is 9.86 Å². The topological polar surface area (TPSA) is 132 Å². The van der Waals surface area contributed by atoms with Crippen LogP contribution in [-0.2, 0) is 44.3 Å². The molecule has 2 heterocycles. The van der Waals surface area contributed by atoms with Gasteiger partial charge in [0.05, 0.1) is 14.2 Å². The number of hydrogen-bond acceptors (Lipinski definition) is 9. The second kappa shape index (κ2) is 44.7. The molecule has 0 unspecified atom stereocenters. The monoisotopic (exact) mass is 1450 g/mol. The smallest absolute Gasteiger partial charge is 1.00 e. The Morgan fingerprint density at radius 3 is 1.57 bits per heavy atom. The number of hydrogen-bond donors (Lipinski definition) is 2. The van der Waals surface area contributed by atoms with E-state index in [1.807, 2.05) is 72.8 Å². The van der Waals surface area contributed by atoms with Gasteiger partial charge in [0, 0.05) is 75.1 Å². The molecular formula is C84H108ClLiMgNO9Pd-. The van der Waals surface area contributed by atoms with E-state index in [2.05, 4.69) is 116 Å². The van der Waals surface area contributed by atoms with Crippen molar-refractivity contribution in [1.29, 1.82) is 0 Å². The Bertz CT molecular complexity index is 3570. The van der Waals surface area contributed by atoms with Crippen LogP contribution in [0.3, 0.4) is 0 Å². The van der Waals surface area contributed by atoms with Crippen molar-refractivity contribution in [2.45, 2.75) is 177 Å². The number of aromatic hydroxyl groups is 2. The molecule has 13 rings (SSSR count). The quantitative estimate of drug-likeness (QED) is 0.0477. The van der Waals surface area contributed by atoms with Crippen molar-refractivity contribution in [3.8, 4) is 17.2 Å². The summed E-state index contributed by atoms with van der Waals surface area (Å²) in [6, 6.07) is 51.1. The molecule has 2 aliphatic heterocycles. The molecule has 4 fully saturated rings.